The summed E-state index contributed by atoms with van der Waals surface area (Å²) in [4.78, 5) is 18.9. The van der Waals surface area contributed by atoms with E-state index < -0.39 is 5.82 Å². The van der Waals surface area contributed by atoms with Crippen molar-refractivity contribution >= 4 is 5.91 Å². The zero-order valence-electron chi connectivity index (χ0n) is 12.7. The fraction of sp³-hybridized carbons (Fsp3) is 0.375. The molecule has 3 rings (SSSR count). The van der Waals surface area contributed by atoms with E-state index in [1.54, 1.807) is 36.2 Å². The first-order valence-electron chi connectivity index (χ1n) is 7.33. The van der Waals surface area contributed by atoms with E-state index in [4.69, 9.17) is 0 Å². The first-order valence-corrected chi connectivity index (χ1v) is 7.33. The van der Waals surface area contributed by atoms with Crippen molar-refractivity contribution in [1.29, 1.82) is 0 Å². The number of halogens is 1. The van der Waals surface area contributed by atoms with Crippen molar-refractivity contribution in [3.8, 4) is 0 Å². The third-order valence-electron chi connectivity index (χ3n) is 4.08. The average molecular weight is 302 g/mol. The van der Waals surface area contributed by atoms with Gasteiger partial charge in [0.15, 0.2) is 0 Å². The van der Waals surface area contributed by atoms with Gasteiger partial charge in [0.05, 0.1) is 5.56 Å². The van der Waals surface area contributed by atoms with Gasteiger partial charge in [0.25, 0.3) is 5.91 Å². The van der Waals surface area contributed by atoms with Gasteiger partial charge in [0, 0.05) is 39.1 Å². The third-order valence-corrected chi connectivity index (χ3v) is 4.08. The zero-order chi connectivity index (χ0) is 15.7. The molecule has 0 radical (unpaired) electrons. The molecule has 1 unspecified atom stereocenters. The van der Waals surface area contributed by atoms with Crippen LogP contribution in [0.25, 0.3) is 0 Å². The highest BCUT2D eigenvalue weighted by atomic mass is 19.1. The molecule has 22 heavy (non-hydrogen) atoms. The van der Waals surface area contributed by atoms with Gasteiger partial charge in [0.2, 0.25) is 0 Å². The lowest BCUT2D eigenvalue weighted by molar-refractivity contribution is 0.0616. The van der Waals surface area contributed by atoms with E-state index in [1.807, 2.05) is 17.8 Å². The molecule has 1 N–H and O–H groups in total. The Morgan fingerprint density at radius 1 is 1.45 bits per heavy atom. The largest absolute Gasteiger partial charge is 0.336 e. The van der Waals surface area contributed by atoms with Gasteiger partial charge in [-0.25, -0.2) is 9.37 Å². The summed E-state index contributed by atoms with van der Waals surface area (Å²) in [5.41, 5.74) is 0.607. The first kappa shape index (κ1) is 14.7. The summed E-state index contributed by atoms with van der Waals surface area (Å²) in [6.07, 6.45) is 3.56. The number of imidazole rings is 1. The van der Waals surface area contributed by atoms with Gasteiger partial charge in [0.1, 0.15) is 17.7 Å². The topological polar surface area (TPSA) is 50.2 Å². The van der Waals surface area contributed by atoms with Gasteiger partial charge < -0.3 is 14.8 Å². The molecule has 0 spiro atoms. The first-order chi connectivity index (χ1) is 10.6. The summed E-state index contributed by atoms with van der Waals surface area (Å²) in [6.45, 7) is 3.51. The Morgan fingerprint density at radius 2 is 2.27 bits per heavy atom. The molecule has 0 aliphatic carbocycles. The Hall–Kier alpha value is -2.21. The predicted molar refractivity (Wildman–Crippen MR) is 81.0 cm³/mol. The van der Waals surface area contributed by atoms with Crippen LogP contribution in [0.5, 0.6) is 0 Å². The molecule has 1 amide bonds. The molecule has 6 heteroatoms. The normalized spacial score (nSPS) is 18.5. The van der Waals surface area contributed by atoms with E-state index in [-0.39, 0.29) is 17.5 Å². The van der Waals surface area contributed by atoms with Crippen LogP contribution in [0.2, 0.25) is 0 Å². The maximum absolute atomic E-state index is 14.3. The van der Waals surface area contributed by atoms with Crippen LogP contribution in [-0.4, -0.2) is 40.0 Å². The van der Waals surface area contributed by atoms with Crippen molar-refractivity contribution in [2.24, 2.45) is 7.05 Å². The van der Waals surface area contributed by atoms with Crippen LogP contribution in [0.3, 0.4) is 0 Å². The molecule has 116 valence electrons. The number of nitrogens with one attached hydrogen (secondary N) is 1. The molecule has 1 saturated heterocycles. The van der Waals surface area contributed by atoms with Gasteiger partial charge >= 0.3 is 0 Å². The standard InChI is InChI=1S/C16H19FN4O/c1-11-4-3-5-12(14(11)17)16(22)21-9-6-18-10-13(21)15-19-7-8-20(15)2/h3-5,7-8,13,18H,6,9-10H2,1-2H3. The van der Waals surface area contributed by atoms with E-state index in [0.29, 0.717) is 25.2 Å². The average Bonchev–Trinajstić information content (AvgIpc) is 2.95. The van der Waals surface area contributed by atoms with Gasteiger partial charge in [-0.15, -0.1) is 0 Å². The minimum atomic E-state index is -0.440. The van der Waals surface area contributed by atoms with Gasteiger partial charge in [-0.1, -0.05) is 12.1 Å². The second kappa shape index (κ2) is 5.88. The van der Waals surface area contributed by atoms with E-state index in [0.717, 1.165) is 5.82 Å². The molecule has 2 heterocycles. The minimum absolute atomic E-state index is 0.126. The fourth-order valence-electron chi connectivity index (χ4n) is 2.84. The van der Waals surface area contributed by atoms with Crippen LogP contribution >= 0.6 is 0 Å². The number of nitrogens with zero attached hydrogens (tertiary/aromatic N) is 3. The van der Waals surface area contributed by atoms with Crippen LogP contribution in [0.1, 0.15) is 27.8 Å². The molecule has 1 atom stereocenters. The molecular weight excluding hydrogens is 283 g/mol. The zero-order valence-corrected chi connectivity index (χ0v) is 12.7. The molecule has 0 saturated carbocycles. The Labute approximate surface area is 128 Å². The van der Waals surface area contributed by atoms with Crippen molar-refractivity contribution in [2.45, 2.75) is 13.0 Å². The highest BCUT2D eigenvalue weighted by Crippen LogP contribution is 2.24. The number of rotatable bonds is 2. The molecule has 1 aliphatic heterocycles. The number of aryl methyl sites for hydroxylation is 2. The van der Waals surface area contributed by atoms with E-state index in [2.05, 4.69) is 10.3 Å². The maximum Gasteiger partial charge on any atom is 0.257 e. The van der Waals surface area contributed by atoms with Crippen molar-refractivity contribution in [3.63, 3.8) is 0 Å². The second-order valence-corrected chi connectivity index (χ2v) is 5.55. The molecule has 1 aliphatic rings. The van der Waals surface area contributed by atoms with Crippen molar-refractivity contribution in [3.05, 3.63) is 53.4 Å². The maximum atomic E-state index is 14.3. The van der Waals surface area contributed by atoms with Crippen LogP contribution in [0.15, 0.2) is 30.6 Å². The van der Waals surface area contributed by atoms with Crippen LogP contribution in [0, 0.1) is 12.7 Å². The van der Waals surface area contributed by atoms with Gasteiger partial charge in [-0.3, -0.25) is 4.79 Å². The van der Waals surface area contributed by atoms with Crippen LogP contribution in [-0.2, 0) is 7.05 Å². The monoisotopic (exact) mass is 302 g/mol. The Morgan fingerprint density at radius 3 is 3.00 bits per heavy atom. The lowest BCUT2D eigenvalue weighted by Crippen LogP contribution is -2.49. The second-order valence-electron chi connectivity index (χ2n) is 5.55. The number of hydrogen-bond acceptors (Lipinski definition) is 3. The summed E-state index contributed by atoms with van der Waals surface area (Å²) in [7, 11) is 1.90. The number of piperazine rings is 1. The van der Waals surface area contributed by atoms with Crippen LogP contribution in [0.4, 0.5) is 4.39 Å². The van der Waals surface area contributed by atoms with E-state index >= 15 is 0 Å². The smallest absolute Gasteiger partial charge is 0.257 e. The summed E-state index contributed by atoms with van der Waals surface area (Å²) < 4.78 is 16.2. The van der Waals surface area contributed by atoms with Crippen LogP contribution < -0.4 is 5.32 Å². The number of aromatic nitrogens is 2. The lowest BCUT2D eigenvalue weighted by atomic mass is 10.1. The SMILES string of the molecule is Cc1cccc(C(=O)N2CCNCC2c2nccn2C)c1F. The third kappa shape index (κ3) is 2.50. The van der Waals surface area contributed by atoms with Crippen molar-refractivity contribution in [1.82, 2.24) is 19.8 Å². The number of carbonyl (C=O) groups is 1. The molecule has 5 nitrogen and oxygen atoms in total. The van der Waals surface area contributed by atoms with Crippen molar-refractivity contribution < 1.29 is 9.18 Å². The predicted octanol–water partition coefficient (Wildman–Crippen LogP) is 1.65. The van der Waals surface area contributed by atoms with Crippen molar-refractivity contribution in [2.75, 3.05) is 19.6 Å². The number of amides is 1. The number of benzene rings is 1. The Balaban J connectivity index is 1.95. The molecule has 1 aromatic heterocycles. The molecule has 1 aromatic carbocycles. The number of carbonyl (C=O) groups excluding carboxylic acids is 1. The molecule has 1 fully saturated rings. The summed E-state index contributed by atoms with van der Waals surface area (Å²) in [5.74, 6) is 0.0777. The van der Waals surface area contributed by atoms with E-state index in [1.165, 1.54) is 0 Å². The summed E-state index contributed by atoms with van der Waals surface area (Å²) in [5, 5.41) is 3.27. The summed E-state index contributed by atoms with van der Waals surface area (Å²) >= 11 is 0. The molecule has 2 aromatic rings. The Bertz CT molecular complexity index is 697. The highest BCUT2D eigenvalue weighted by molar-refractivity contribution is 5.95. The number of hydrogen-bond donors (Lipinski definition) is 1. The Kier molecular flexibility index (Phi) is 3.94. The fourth-order valence-corrected chi connectivity index (χ4v) is 2.84. The quantitative estimate of drug-likeness (QED) is 0.918. The summed E-state index contributed by atoms with van der Waals surface area (Å²) in [6, 6.07) is 4.73. The molecule has 0 bridgehead atoms. The molecular formula is C16H19FN4O. The highest BCUT2D eigenvalue weighted by Gasteiger charge is 2.32. The van der Waals surface area contributed by atoms with E-state index in [9.17, 15) is 9.18 Å². The lowest BCUT2D eigenvalue weighted by Gasteiger charge is -2.36. The minimum Gasteiger partial charge on any atom is -0.336 e. The van der Waals surface area contributed by atoms with Gasteiger partial charge in [-0.05, 0) is 18.6 Å². The van der Waals surface area contributed by atoms with Gasteiger partial charge in [-0.2, -0.15) is 0 Å².